The van der Waals surface area contributed by atoms with Crippen LogP contribution in [0.4, 0.5) is 5.69 Å². The van der Waals surface area contributed by atoms with Crippen LogP contribution >= 0.6 is 11.6 Å². The predicted octanol–water partition coefficient (Wildman–Crippen LogP) is 2.84. The van der Waals surface area contributed by atoms with Gasteiger partial charge < -0.3 is 10.8 Å². The maximum absolute atomic E-state index is 12.2. The summed E-state index contributed by atoms with van der Waals surface area (Å²) < 4.78 is 0. The molecule has 3 nitrogen and oxygen atoms in total. The Bertz CT molecular complexity index is 549. The van der Waals surface area contributed by atoms with E-state index in [9.17, 15) is 9.90 Å². The molecule has 0 radical (unpaired) electrons. The van der Waals surface area contributed by atoms with Gasteiger partial charge in [-0.05, 0) is 17.7 Å². The van der Waals surface area contributed by atoms with Gasteiger partial charge in [0, 0.05) is 5.69 Å². The Labute approximate surface area is 110 Å². The van der Waals surface area contributed by atoms with Gasteiger partial charge >= 0.3 is 0 Å². The summed E-state index contributed by atoms with van der Waals surface area (Å²) in [5, 5.41) is 10.3. The van der Waals surface area contributed by atoms with E-state index in [1.807, 2.05) is 6.07 Å². The topological polar surface area (TPSA) is 63.3 Å². The first-order valence-electron chi connectivity index (χ1n) is 5.42. The third kappa shape index (κ3) is 2.37. The summed E-state index contributed by atoms with van der Waals surface area (Å²) >= 11 is 5.94. The molecule has 0 aliphatic rings. The van der Waals surface area contributed by atoms with Gasteiger partial charge in [-0.2, -0.15) is 0 Å². The Morgan fingerprint density at radius 2 is 1.78 bits per heavy atom. The fraction of sp³-hybridized carbons (Fsp3) is 0.0714. The average Bonchev–Trinajstić information content (AvgIpc) is 2.38. The molecule has 0 fully saturated rings. The smallest absolute Gasteiger partial charge is 0.199 e. The number of benzene rings is 2. The highest BCUT2D eigenvalue weighted by atomic mass is 35.5. The van der Waals surface area contributed by atoms with Crippen LogP contribution in [0.2, 0.25) is 5.02 Å². The highest BCUT2D eigenvalue weighted by Gasteiger charge is 2.23. The maximum Gasteiger partial charge on any atom is 0.199 e. The minimum atomic E-state index is -1.26. The van der Waals surface area contributed by atoms with Gasteiger partial charge in [-0.25, -0.2) is 0 Å². The second-order valence-corrected chi connectivity index (χ2v) is 4.29. The van der Waals surface area contributed by atoms with E-state index in [0.717, 1.165) is 0 Å². The van der Waals surface area contributed by atoms with Crippen molar-refractivity contribution >= 4 is 23.1 Å². The molecule has 0 amide bonds. The number of carbonyl (C=O) groups excluding carboxylic acids is 1. The van der Waals surface area contributed by atoms with Crippen molar-refractivity contribution in [2.24, 2.45) is 0 Å². The summed E-state index contributed by atoms with van der Waals surface area (Å²) in [7, 11) is 0. The van der Waals surface area contributed by atoms with E-state index >= 15 is 0 Å². The third-order valence-corrected chi connectivity index (χ3v) is 2.97. The lowest BCUT2D eigenvalue weighted by atomic mass is 9.99. The molecule has 0 bridgehead atoms. The second kappa shape index (κ2) is 5.21. The van der Waals surface area contributed by atoms with Gasteiger partial charge in [0.2, 0.25) is 0 Å². The number of halogens is 1. The Kier molecular flexibility index (Phi) is 3.65. The van der Waals surface area contributed by atoms with Gasteiger partial charge in [0.05, 0.1) is 10.6 Å². The quantitative estimate of drug-likeness (QED) is 0.660. The number of hydrogen-bond acceptors (Lipinski definition) is 3. The number of aliphatic hydroxyl groups is 1. The zero-order chi connectivity index (χ0) is 13.1. The molecule has 1 unspecified atom stereocenters. The van der Waals surface area contributed by atoms with Crippen molar-refractivity contribution in [1.29, 1.82) is 0 Å². The van der Waals surface area contributed by atoms with Gasteiger partial charge in [-0.1, -0.05) is 48.0 Å². The SMILES string of the molecule is Nc1cccc(Cl)c1C(=O)C(O)c1ccccc1. The zero-order valence-electron chi connectivity index (χ0n) is 9.51. The first-order valence-corrected chi connectivity index (χ1v) is 5.80. The number of ketones is 1. The molecule has 92 valence electrons. The summed E-state index contributed by atoms with van der Waals surface area (Å²) in [4.78, 5) is 12.2. The summed E-state index contributed by atoms with van der Waals surface area (Å²) in [5.41, 5.74) is 6.67. The Balaban J connectivity index is 2.38. The highest BCUT2D eigenvalue weighted by molar-refractivity contribution is 6.35. The van der Waals surface area contributed by atoms with Crippen LogP contribution in [0, 0.1) is 0 Å². The standard InChI is InChI=1S/C14H12ClNO2/c15-10-7-4-8-11(16)12(10)14(18)13(17)9-5-2-1-3-6-9/h1-8,13,17H,16H2. The van der Waals surface area contributed by atoms with Crippen molar-refractivity contribution < 1.29 is 9.90 Å². The molecule has 0 heterocycles. The van der Waals surface area contributed by atoms with Gasteiger partial charge in [0.15, 0.2) is 5.78 Å². The van der Waals surface area contributed by atoms with E-state index in [1.165, 1.54) is 0 Å². The van der Waals surface area contributed by atoms with E-state index in [-0.39, 0.29) is 16.3 Å². The van der Waals surface area contributed by atoms with Crippen LogP contribution in [0.25, 0.3) is 0 Å². The molecule has 3 N–H and O–H groups in total. The summed E-state index contributed by atoms with van der Waals surface area (Å²) in [6, 6.07) is 13.5. The number of carbonyl (C=O) groups is 1. The van der Waals surface area contributed by atoms with Crippen LogP contribution in [-0.2, 0) is 0 Å². The van der Waals surface area contributed by atoms with Crippen LogP contribution in [0.5, 0.6) is 0 Å². The molecule has 1 atom stereocenters. The van der Waals surface area contributed by atoms with E-state index in [4.69, 9.17) is 17.3 Å². The number of Topliss-reactive ketones (excluding diaryl/α,β-unsaturated/α-hetero) is 1. The minimum absolute atomic E-state index is 0.163. The highest BCUT2D eigenvalue weighted by Crippen LogP contribution is 2.27. The van der Waals surface area contributed by atoms with E-state index in [1.54, 1.807) is 42.5 Å². The van der Waals surface area contributed by atoms with E-state index in [0.29, 0.717) is 5.56 Å². The Morgan fingerprint density at radius 1 is 1.11 bits per heavy atom. The van der Waals surface area contributed by atoms with Crippen LogP contribution in [-0.4, -0.2) is 10.9 Å². The number of aliphatic hydroxyl groups excluding tert-OH is 1. The van der Waals surface area contributed by atoms with E-state index < -0.39 is 11.9 Å². The molecule has 0 aromatic heterocycles. The molecule has 2 aromatic rings. The minimum Gasteiger partial charge on any atom is -0.398 e. The van der Waals surface area contributed by atoms with Gasteiger partial charge in [-0.15, -0.1) is 0 Å². The van der Waals surface area contributed by atoms with Crippen molar-refractivity contribution in [3.63, 3.8) is 0 Å². The predicted molar refractivity (Wildman–Crippen MR) is 71.6 cm³/mol. The molecule has 2 rings (SSSR count). The molecule has 0 saturated heterocycles. The first-order chi connectivity index (χ1) is 8.61. The molecule has 0 aliphatic heterocycles. The molecular weight excluding hydrogens is 250 g/mol. The van der Waals surface area contributed by atoms with Crippen LogP contribution in [0.3, 0.4) is 0 Å². The van der Waals surface area contributed by atoms with Gasteiger partial charge in [-0.3, -0.25) is 4.79 Å². The van der Waals surface area contributed by atoms with Crippen LogP contribution < -0.4 is 5.73 Å². The van der Waals surface area contributed by atoms with Crippen LogP contribution in [0.15, 0.2) is 48.5 Å². The monoisotopic (exact) mass is 261 g/mol. The molecule has 2 aromatic carbocycles. The lowest BCUT2D eigenvalue weighted by molar-refractivity contribution is 0.0748. The van der Waals surface area contributed by atoms with Crippen molar-refractivity contribution in [1.82, 2.24) is 0 Å². The molecule has 0 aliphatic carbocycles. The number of anilines is 1. The van der Waals surface area contributed by atoms with Gasteiger partial charge in [0.25, 0.3) is 0 Å². The maximum atomic E-state index is 12.2. The fourth-order valence-corrected chi connectivity index (χ4v) is 2.00. The normalized spacial score (nSPS) is 12.1. The number of hydrogen-bond donors (Lipinski definition) is 2. The summed E-state index contributed by atoms with van der Waals surface area (Å²) in [5.74, 6) is -0.496. The van der Waals surface area contributed by atoms with Crippen LogP contribution in [0.1, 0.15) is 22.0 Å². The largest absolute Gasteiger partial charge is 0.398 e. The fourth-order valence-electron chi connectivity index (χ4n) is 1.72. The lowest BCUT2D eigenvalue weighted by Gasteiger charge is -2.12. The van der Waals surface area contributed by atoms with Gasteiger partial charge in [0.1, 0.15) is 6.10 Å². The third-order valence-electron chi connectivity index (χ3n) is 2.66. The molecule has 18 heavy (non-hydrogen) atoms. The number of rotatable bonds is 3. The van der Waals surface area contributed by atoms with Crippen molar-refractivity contribution in [3.8, 4) is 0 Å². The van der Waals surface area contributed by atoms with E-state index in [2.05, 4.69) is 0 Å². The van der Waals surface area contributed by atoms with Crippen molar-refractivity contribution in [2.45, 2.75) is 6.10 Å². The number of nitrogens with two attached hydrogens (primary N) is 1. The molecule has 0 saturated carbocycles. The zero-order valence-corrected chi connectivity index (χ0v) is 10.3. The lowest BCUT2D eigenvalue weighted by Crippen LogP contribution is -2.14. The summed E-state index contributed by atoms with van der Waals surface area (Å²) in [6.45, 7) is 0. The van der Waals surface area contributed by atoms with Crippen molar-refractivity contribution in [2.75, 3.05) is 5.73 Å². The number of nitrogen functional groups attached to an aromatic ring is 1. The Hall–Kier alpha value is -1.84. The molecule has 0 spiro atoms. The van der Waals surface area contributed by atoms with Crippen molar-refractivity contribution in [3.05, 3.63) is 64.7 Å². The Morgan fingerprint density at radius 3 is 2.39 bits per heavy atom. The second-order valence-electron chi connectivity index (χ2n) is 3.88. The summed E-state index contributed by atoms with van der Waals surface area (Å²) in [6.07, 6.45) is -1.26. The molecular formula is C14H12ClNO2. The average molecular weight is 262 g/mol. The first kappa shape index (κ1) is 12.6. The molecule has 4 heteroatoms.